The molecule has 0 fully saturated rings. The summed E-state index contributed by atoms with van der Waals surface area (Å²) in [5.74, 6) is 0. The van der Waals surface area contributed by atoms with E-state index in [1.165, 1.54) is 0 Å². The molecule has 0 aliphatic heterocycles. The molecule has 0 aliphatic carbocycles. The lowest BCUT2D eigenvalue weighted by atomic mass is 9.85. The van der Waals surface area contributed by atoms with E-state index in [4.69, 9.17) is 0 Å². The highest BCUT2D eigenvalue weighted by Crippen LogP contribution is 2.27. The van der Waals surface area contributed by atoms with Crippen LogP contribution in [0.5, 0.6) is 0 Å². The zero-order chi connectivity index (χ0) is 7.49. The van der Waals surface area contributed by atoms with Crippen molar-refractivity contribution in [2.24, 2.45) is 5.41 Å². The van der Waals surface area contributed by atoms with Gasteiger partial charge in [0.05, 0.1) is 0 Å². The number of rotatable bonds is 3. The second kappa shape index (κ2) is 3.14. The first-order valence-electron chi connectivity index (χ1n) is 3.24. The number of hydrogen-bond acceptors (Lipinski definition) is 0. The standard InChI is InChI=1S/C7H14F2/c1-4-7(2,3)6(9)5-8/h6H,4-5H2,1-3H3. The summed E-state index contributed by atoms with van der Waals surface area (Å²) in [5.41, 5.74) is -0.491. The molecule has 0 radical (unpaired) electrons. The van der Waals surface area contributed by atoms with Crippen LogP contribution in [0.3, 0.4) is 0 Å². The first-order chi connectivity index (χ1) is 4.04. The van der Waals surface area contributed by atoms with Gasteiger partial charge in [0.25, 0.3) is 0 Å². The minimum Gasteiger partial charge on any atom is -0.248 e. The molecule has 1 unspecified atom stereocenters. The zero-order valence-electron chi connectivity index (χ0n) is 6.25. The molecule has 1 atom stereocenters. The fourth-order valence-electron chi connectivity index (χ4n) is 0.430. The highest BCUT2D eigenvalue weighted by atomic mass is 19.2. The monoisotopic (exact) mass is 136 g/mol. The third-order valence-electron chi connectivity index (χ3n) is 1.89. The van der Waals surface area contributed by atoms with Crippen LogP contribution in [0.1, 0.15) is 27.2 Å². The van der Waals surface area contributed by atoms with E-state index in [1.807, 2.05) is 6.92 Å². The van der Waals surface area contributed by atoms with Crippen molar-refractivity contribution in [3.8, 4) is 0 Å². The summed E-state index contributed by atoms with van der Waals surface area (Å²) in [6, 6.07) is 0. The van der Waals surface area contributed by atoms with Crippen molar-refractivity contribution in [3.05, 3.63) is 0 Å². The Morgan fingerprint density at radius 3 is 2.00 bits per heavy atom. The molecule has 9 heavy (non-hydrogen) atoms. The zero-order valence-corrected chi connectivity index (χ0v) is 6.25. The maximum absolute atomic E-state index is 12.5. The van der Waals surface area contributed by atoms with Crippen LogP contribution in [-0.2, 0) is 0 Å². The molecule has 0 saturated carbocycles. The molecule has 0 rings (SSSR count). The van der Waals surface area contributed by atoms with E-state index in [2.05, 4.69) is 0 Å². The van der Waals surface area contributed by atoms with Crippen molar-refractivity contribution in [1.82, 2.24) is 0 Å². The highest BCUT2D eigenvalue weighted by Gasteiger charge is 2.26. The Balaban J connectivity index is 3.80. The molecule has 0 nitrogen and oxygen atoms in total. The number of alkyl halides is 2. The predicted octanol–water partition coefficient (Wildman–Crippen LogP) is 2.73. The van der Waals surface area contributed by atoms with E-state index in [0.717, 1.165) is 0 Å². The fourth-order valence-corrected chi connectivity index (χ4v) is 0.430. The molecule has 0 aliphatic rings. The van der Waals surface area contributed by atoms with Gasteiger partial charge in [-0.05, 0) is 11.8 Å². The molecule has 0 aromatic carbocycles. The summed E-state index contributed by atoms with van der Waals surface area (Å²) in [6.45, 7) is 4.47. The van der Waals surface area contributed by atoms with Crippen molar-refractivity contribution < 1.29 is 8.78 Å². The Hall–Kier alpha value is -0.140. The molecule has 0 spiro atoms. The van der Waals surface area contributed by atoms with Crippen LogP contribution in [0.15, 0.2) is 0 Å². The third kappa shape index (κ3) is 2.29. The van der Waals surface area contributed by atoms with Crippen LogP contribution < -0.4 is 0 Å². The van der Waals surface area contributed by atoms with Gasteiger partial charge in [-0.1, -0.05) is 20.8 Å². The summed E-state index contributed by atoms with van der Waals surface area (Å²) in [7, 11) is 0. The van der Waals surface area contributed by atoms with Crippen LogP contribution >= 0.6 is 0 Å². The van der Waals surface area contributed by atoms with Crippen LogP contribution in [0.2, 0.25) is 0 Å². The molecule has 0 aromatic heterocycles. The Morgan fingerprint density at radius 2 is 1.89 bits per heavy atom. The second-order valence-electron chi connectivity index (χ2n) is 2.96. The lowest BCUT2D eigenvalue weighted by molar-refractivity contribution is 0.109. The van der Waals surface area contributed by atoms with Gasteiger partial charge in [0.1, 0.15) is 12.8 Å². The SMILES string of the molecule is CCC(C)(C)C(F)CF. The fraction of sp³-hybridized carbons (Fsp3) is 1.00. The van der Waals surface area contributed by atoms with Gasteiger partial charge in [0.15, 0.2) is 0 Å². The van der Waals surface area contributed by atoms with Crippen molar-refractivity contribution in [1.29, 1.82) is 0 Å². The first-order valence-corrected chi connectivity index (χ1v) is 3.24. The van der Waals surface area contributed by atoms with E-state index in [0.29, 0.717) is 6.42 Å². The number of halogens is 2. The van der Waals surface area contributed by atoms with Gasteiger partial charge in [0, 0.05) is 0 Å². The third-order valence-corrected chi connectivity index (χ3v) is 1.89. The maximum Gasteiger partial charge on any atom is 0.133 e. The van der Waals surface area contributed by atoms with Gasteiger partial charge in [-0.3, -0.25) is 0 Å². The van der Waals surface area contributed by atoms with E-state index >= 15 is 0 Å². The summed E-state index contributed by atoms with van der Waals surface area (Å²) in [6.07, 6.45) is -0.625. The summed E-state index contributed by atoms with van der Waals surface area (Å²) in [5, 5.41) is 0. The Kier molecular flexibility index (Phi) is 3.09. The van der Waals surface area contributed by atoms with Crippen LogP contribution in [0.4, 0.5) is 8.78 Å². The van der Waals surface area contributed by atoms with Gasteiger partial charge in [-0.25, -0.2) is 8.78 Å². The summed E-state index contributed by atoms with van der Waals surface area (Å²) in [4.78, 5) is 0. The Bertz CT molecular complexity index is 79.0. The van der Waals surface area contributed by atoms with Crippen molar-refractivity contribution >= 4 is 0 Å². The van der Waals surface area contributed by atoms with Gasteiger partial charge >= 0.3 is 0 Å². The van der Waals surface area contributed by atoms with E-state index in [9.17, 15) is 8.78 Å². The highest BCUT2D eigenvalue weighted by molar-refractivity contribution is 4.75. The van der Waals surface area contributed by atoms with Crippen LogP contribution in [-0.4, -0.2) is 12.8 Å². The molecule has 56 valence electrons. The molecule has 0 saturated heterocycles. The van der Waals surface area contributed by atoms with E-state index in [-0.39, 0.29) is 0 Å². The van der Waals surface area contributed by atoms with Gasteiger partial charge in [-0.2, -0.15) is 0 Å². The Morgan fingerprint density at radius 1 is 1.44 bits per heavy atom. The molecular formula is C7H14F2. The van der Waals surface area contributed by atoms with Gasteiger partial charge in [-0.15, -0.1) is 0 Å². The van der Waals surface area contributed by atoms with Crippen molar-refractivity contribution in [2.75, 3.05) is 6.67 Å². The van der Waals surface area contributed by atoms with Crippen LogP contribution in [0, 0.1) is 5.41 Å². The average molecular weight is 136 g/mol. The molecule has 0 N–H and O–H groups in total. The minimum atomic E-state index is -1.30. The summed E-state index contributed by atoms with van der Waals surface area (Å²) < 4.78 is 24.2. The lowest BCUT2D eigenvalue weighted by Gasteiger charge is -2.24. The van der Waals surface area contributed by atoms with Crippen molar-refractivity contribution in [3.63, 3.8) is 0 Å². The molecule has 2 heteroatoms. The average Bonchev–Trinajstić information content (AvgIpc) is 1.86. The molecule has 0 amide bonds. The molecule has 0 bridgehead atoms. The molecule has 0 aromatic rings. The lowest BCUT2D eigenvalue weighted by Crippen LogP contribution is -2.26. The maximum atomic E-state index is 12.5. The summed E-state index contributed by atoms with van der Waals surface area (Å²) >= 11 is 0. The van der Waals surface area contributed by atoms with Gasteiger partial charge in [0.2, 0.25) is 0 Å². The second-order valence-corrected chi connectivity index (χ2v) is 2.96. The predicted molar refractivity (Wildman–Crippen MR) is 34.9 cm³/mol. The van der Waals surface area contributed by atoms with Crippen molar-refractivity contribution in [2.45, 2.75) is 33.4 Å². The quantitative estimate of drug-likeness (QED) is 0.559. The molecule has 0 heterocycles. The topological polar surface area (TPSA) is 0 Å². The van der Waals surface area contributed by atoms with E-state index in [1.54, 1.807) is 13.8 Å². The van der Waals surface area contributed by atoms with Gasteiger partial charge < -0.3 is 0 Å². The number of hydrogen-bond donors (Lipinski definition) is 0. The van der Waals surface area contributed by atoms with Crippen LogP contribution in [0.25, 0.3) is 0 Å². The Labute approximate surface area is 55.3 Å². The minimum absolute atomic E-state index is 0.491. The molecular weight excluding hydrogens is 122 g/mol. The largest absolute Gasteiger partial charge is 0.248 e. The first kappa shape index (κ1) is 8.86. The normalized spacial score (nSPS) is 15.7. The smallest absolute Gasteiger partial charge is 0.133 e. The van der Waals surface area contributed by atoms with E-state index < -0.39 is 18.3 Å².